The summed E-state index contributed by atoms with van der Waals surface area (Å²) >= 11 is 0. The smallest absolute Gasteiger partial charge is 0.195 e. The molecule has 0 heterocycles. The number of benzene rings is 1. The predicted octanol–water partition coefficient (Wildman–Crippen LogP) is 3.12. The fraction of sp³-hybridized carbons (Fsp3) is 0.500. The standard InChI is InChI=1S/C16H26N2O2S/c1-6-18(7-2)21(19,20)17-16(14(5)13(3)4)15-11-9-8-10-12-15/h8-12,14,16-17H,3,6-7H2,1-2,4-5H3. The van der Waals surface area contributed by atoms with Crippen molar-refractivity contribution in [3.8, 4) is 0 Å². The van der Waals surface area contributed by atoms with Crippen LogP contribution in [0.1, 0.15) is 39.3 Å². The van der Waals surface area contributed by atoms with Gasteiger partial charge in [0.15, 0.2) is 0 Å². The lowest BCUT2D eigenvalue weighted by Gasteiger charge is -2.29. The summed E-state index contributed by atoms with van der Waals surface area (Å²) in [6.45, 7) is 12.5. The summed E-state index contributed by atoms with van der Waals surface area (Å²) in [6.07, 6.45) is 0. The lowest BCUT2D eigenvalue weighted by atomic mass is 9.91. The lowest BCUT2D eigenvalue weighted by molar-refractivity contribution is 0.409. The molecule has 0 fully saturated rings. The van der Waals surface area contributed by atoms with Gasteiger partial charge in [-0.15, -0.1) is 0 Å². The van der Waals surface area contributed by atoms with E-state index < -0.39 is 10.2 Å². The van der Waals surface area contributed by atoms with Gasteiger partial charge in [0.2, 0.25) is 0 Å². The molecule has 21 heavy (non-hydrogen) atoms. The SMILES string of the molecule is C=C(C)C(C)C(NS(=O)(=O)N(CC)CC)c1ccccc1. The van der Waals surface area contributed by atoms with E-state index in [2.05, 4.69) is 11.3 Å². The number of nitrogens with zero attached hydrogens (tertiary/aromatic N) is 1. The number of hydrogen-bond acceptors (Lipinski definition) is 2. The zero-order valence-electron chi connectivity index (χ0n) is 13.3. The largest absolute Gasteiger partial charge is 0.280 e. The van der Waals surface area contributed by atoms with Crippen molar-refractivity contribution in [2.45, 2.75) is 33.7 Å². The van der Waals surface area contributed by atoms with Crippen molar-refractivity contribution in [1.82, 2.24) is 9.03 Å². The van der Waals surface area contributed by atoms with E-state index in [1.807, 2.05) is 58.0 Å². The van der Waals surface area contributed by atoms with Crippen LogP contribution in [-0.4, -0.2) is 25.8 Å². The first-order chi connectivity index (χ1) is 9.83. The summed E-state index contributed by atoms with van der Waals surface area (Å²) in [5, 5.41) is 0. The second-order valence-corrected chi connectivity index (χ2v) is 6.93. The van der Waals surface area contributed by atoms with Gasteiger partial charge in [-0.25, -0.2) is 0 Å². The Morgan fingerprint density at radius 2 is 1.76 bits per heavy atom. The maximum absolute atomic E-state index is 12.5. The van der Waals surface area contributed by atoms with Crippen molar-refractivity contribution in [3.63, 3.8) is 0 Å². The maximum atomic E-state index is 12.5. The second-order valence-electron chi connectivity index (χ2n) is 5.23. The molecule has 5 heteroatoms. The van der Waals surface area contributed by atoms with Gasteiger partial charge in [0.25, 0.3) is 10.2 Å². The predicted molar refractivity (Wildman–Crippen MR) is 88.1 cm³/mol. The van der Waals surface area contributed by atoms with E-state index in [1.165, 1.54) is 4.31 Å². The van der Waals surface area contributed by atoms with E-state index in [1.54, 1.807) is 0 Å². The molecule has 0 aliphatic heterocycles. The van der Waals surface area contributed by atoms with Crippen LogP contribution in [0.15, 0.2) is 42.5 Å². The monoisotopic (exact) mass is 310 g/mol. The first-order valence-electron chi connectivity index (χ1n) is 7.31. The number of hydrogen-bond donors (Lipinski definition) is 1. The van der Waals surface area contributed by atoms with Crippen molar-refractivity contribution < 1.29 is 8.42 Å². The Kier molecular flexibility index (Phi) is 6.58. The second kappa shape index (κ2) is 7.73. The molecule has 0 saturated heterocycles. The Hall–Kier alpha value is -1.17. The van der Waals surface area contributed by atoms with Crippen LogP contribution < -0.4 is 4.72 Å². The van der Waals surface area contributed by atoms with Crippen LogP contribution in [0.4, 0.5) is 0 Å². The molecule has 0 aliphatic carbocycles. The highest BCUT2D eigenvalue weighted by atomic mass is 32.2. The van der Waals surface area contributed by atoms with Crippen LogP contribution in [-0.2, 0) is 10.2 Å². The molecular formula is C16H26N2O2S. The maximum Gasteiger partial charge on any atom is 0.280 e. The molecule has 0 spiro atoms. The van der Waals surface area contributed by atoms with E-state index in [9.17, 15) is 8.42 Å². The van der Waals surface area contributed by atoms with E-state index in [4.69, 9.17) is 0 Å². The molecule has 0 bridgehead atoms. The van der Waals surface area contributed by atoms with Crippen molar-refractivity contribution in [3.05, 3.63) is 48.0 Å². The normalized spacial score (nSPS) is 14.9. The summed E-state index contributed by atoms with van der Waals surface area (Å²) in [7, 11) is -3.51. The first kappa shape index (κ1) is 17.9. The van der Waals surface area contributed by atoms with Crippen molar-refractivity contribution in [2.75, 3.05) is 13.1 Å². The molecule has 1 aromatic rings. The highest BCUT2D eigenvalue weighted by Crippen LogP contribution is 2.27. The minimum atomic E-state index is -3.51. The van der Waals surface area contributed by atoms with Gasteiger partial charge in [-0.05, 0) is 18.4 Å². The van der Waals surface area contributed by atoms with E-state index >= 15 is 0 Å². The van der Waals surface area contributed by atoms with Gasteiger partial charge in [-0.3, -0.25) is 0 Å². The van der Waals surface area contributed by atoms with Crippen molar-refractivity contribution in [1.29, 1.82) is 0 Å². The molecule has 0 radical (unpaired) electrons. The summed E-state index contributed by atoms with van der Waals surface area (Å²) in [6, 6.07) is 9.32. The third-order valence-corrected chi connectivity index (χ3v) is 5.51. The quantitative estimate of drug-likeness (QED) is 0.750. The van der Waals surface area contributed by atoms with Gasteiger partial charge >= 0.3 is 0 Å². The average molecular weight is 310 g/mol. The van der Waals surface area contributed by atoms with E-state index in [0.29, 0.717) is 13.1 Å². The van der Waals surface area contributed by atoms with Gasteiger partial charge in [-0.2, -0.15) is 17.4 Å². The van der Waals surface area contributed by atoms with Gasteiger partial charge < -0.3 is 0 Å². The molecule has 2 atom stereocenters. The summed E-state index contributed by atoms with van der Waals surface area (Å²) in [5.74, 6) is 0.0118. The molecule has 0 aromatic heterocycles. The summed E-state index contributed by atoms with van der Waals surface area (Å²) < 4.78 is 29.2. The topological polar surface area (TPSA) is 49.4 Å². The number of nitrogens with one attached hydrogen (secondary N) is 1. The van der Waals surface area contributed by atoms with Gasteiger partial charge in [0.05, 0.1) is 6.04 Å². The van der Waals surface area contributed by atoms with Crippen LogP contribution in [0.5, 0.6) is 0 Å². The van der Waals surface area contributed by atoms with E-state index in [0.717, 1.165) is 11.1 Å². The Labute approximate surface area is 129 Å². The van der Waals surface area contributed by atoms with Gasteiger partial charge in [-0.1, -0.05) is 63.3 Å². The Bertz CT molecular complexity index is 551. The lowest BCUT2D eigenvalue weighted by Crippen LogP contribution is -2.43. The highest BCUT2D eigenvalue weighted by Gasteiger charge is 2.28. The zero-order valence-corrected chi connectivity index (χ0v) is 14.2. The minimum absolute atomic E-state index is 0.0118. The molecular weight excluding hydrogens is 284 g/mol. The minimum Gasteiger partial charge on any atom is -0.195 e. The van der Waals surface area contributed by atoms with Crippen molar-refractivity contribution in [2.24, 2.45) is 5.92 Å². The Morgan fingerprint density at radius 1 is 1.24 bits per heavy atom. The molecule has 118 valence electrons. The van der Waals surface area contributed by atoms with Crippen LogP contribution >= 0.6 is 0 Å². The fourth-order valence-corrected chi connectivity index (χ4v) is 3.69. The molecule has 1 aromatic carbocycles. The van der Waals surface area contributed by atoms with Crippen molar-refractivity contribution >= 4 is 10.2 Å². The van der Waals surface area contributed by atoms with E-state index in [-0.39, 0.29) is 12.0 Å². The van der Waals surface area contributed by atoms with Gasteiger partial charge in [0.1, 0.15) is 0 Å². The molecule has 2 unspecified atom stereocenters. The summed E-state index contributed by atoms with van der Waals surface area (Å²) in [5.41, 5.74) is 1.90. The molecule has 0 saturated carbocycles. The fourth-order valence-electron chi connectivity index (χ4n) is 2.20. The average Bonchev–Trinajstić information content (AvgIpc) is 2.46. The first-order valence-corrected chi connectivity index (χ1v) is 8.75. The molecule has 0 amide bonds. The molecule has 1 N–H and O–H groups in total. The third kappa shape index (κ3) is 4.66. The van der Waals surface area contributed by atoms with Crippen LogP contribution in [0, 0.1) is 5.92 Å². The van der Waals surface area contributed by atoms with Gasteiger partial charge in [0, 0.05) is 13.1 Å². The van der Waals surface area contributed by atoms with Crippen LogP contribution in [0.2, 0.25) is 0 Å². The Morgan fingerprint density at radius 3 is 2.19 bits per heavy atom. The van der Waals surface area contributed by atoms with Crippen LogP contribution in [0.3, 0.4) is 0 Å². The zero-order chi connectivity index (χ0) is 16.0. The molecule has 0 aliphatic rings. The molecule has 4 nitrogen and oxygen atoms in total. The summed E-state index contributed by atoms with van der Waals surface area (Å²) in [4.78, 5) is 0. The highest BCUT2D eigenvalue weighted by molar-refractivity contribution is 7.87. The third-order valence-electron chi connectivity index (χ3n) is 3.76. The molecule has 1 rings (SSSR count). The number of rotatable bonds is 8. The van der Waals surface area contributed by atoms with Crippen LogP contribution in [0.25, 0.3) is 0 Å². The Balaban J connectivity index is 3.12.